The molecule has 2 N–H and O–H groups in total. The van der Waals surface area contributed by atoms with Crippen molar-refractivity contribution in [1.82, 2.24) is 0 Å². The third kappa shape index (κ3) is 35.4. The predicted molar refractivity (Wildman–Crippen MR) is 189 cm³/mol. The summed E-state index contributed by atoms with van der Waals surface area (Å²) in [6.07, 6.45) is 39.7. The molecule has 0 heterocycles. The van der Waals surface area contributed by atoms with Crippen molar-refractivity contribution < 1.29 is 24.5 Å². The molecule has 0 aliphatic heterocycles. The van der Waals surface area contributed by atoms with Gasteiger partial charge in [0.25, 0.3) is 0 Å². The minimum absolute atomic E-state index is 0.179. The molecule has 262 valence electrons. The quantitative estimate of drug-likeness (QED) is 0.0412. The summed E-state index contributed by atoms with van der Waals surface area (Å²) in [6, 6.07) is 0. The van der Waals surface area contributed by atoms with Crippen LogP contribution in [0.25, 0.3) is 0 Å². The van der Waals surface area contributed by atoms with Gasteiger partial charge in [0.1, 0.15) is 6.10 Å². The first kappa shape index (κ1) is 42.9. The lowest BCUT2D eigenvalue weighted by Gasteiger charge is -2.16. The van der Waals surface area contributed by atoms with Gasteiger partial charge in [0.05, 0.1) is 12.7 Å². The van der Waals surface area contributed by atoms with Crippen LogP contribution >= 0.6 is 0 Å². The number of rotatable bonds is 36. The molecule has 0 bridgehead atoms. The van der Waals surface area contributed by atoms with Crippen LogP contribution < -0.4 is 0 Å². The van der Waals surface area contributed by atoms with Gasteiger partial charge in [0, 0.05) is 6.61 Å². The third-order valence-electron chi connectivity index (χ3n) is 8.83. The van der Waals surface area contributed by atoms with E-state index in [9.17, 15) is 9.90 Å². The Hall–Kier alpha value is -1.07. The largest absolute Gasteiger partial charge is 0.506 e. The Balaban J connectivity index is 3.55. The van der Waals surface area contributed by atoms with E-state index in [-0.39, 0.29) is 12.2 Å². The first-order valence-electron chi connectivity index (χ1n) is 19.4. The van der Waals surface area contributed by atoms with Crippen molar-refractivity contribution in [3.05, 3.63) is 12.2 Å². The second kappa shape index (κ2) is 36.4. The summed E-state index contributed by atoms with van der Waals surface area (Å²) >= 11 is 0. The smallest absolute Gasteiger partial charge is 0.450 e. The highest BCUT2D eigenvalue weighted by atomic mass is 16.7. The molecule has 0 radical (unpaired) electrons. The van der Waals surface area contributed by atoms with Gasteiger partial charge in [-0.3, -0.25) is 0 Å². The highest BCUT2D eigenvalue weighted by molar-refractivity contribution is 5.57. The van der Waals surface area contributed by atoms with E-state index in [1.54, 1.807) is 0 Å². The highest BCUT2D eigenvalue weighted by Crippen LogP contribution is 2.15. The zero-order valence-electron chi connectivity index (χ0n) is 29.6. The molecule has 0 aromatic carbocycles. The standard InChI is InChI=1S/C39H76O5/c1-3-5-7-9-10-11-12-13-14-15-16-17-21-24-27-31-35-43-36-38(44-39(41)42)34-30-26-23-20-18-19-22-25-29-33-37(40)32-28-8-6-4-2/h25,29,37-38,40H,3-24,26-28,30-36H2,1-2H3,(H,41,42)/t37-,38?/m1/s1. The average molecular weight is 625 g/mol. The van der Waals surface area contributed by atoms with E-state index < -0.39 is 6.16 Å². The maximum atomic E-state index is 11.1. The number of carbonyl (C=O) groups is 1. The van der Waals surface area contributed by atoms with Gasteiger partial charge in [-0.05, 0) is 44.9 Å². The molecule has 0 saturated carbocycles. The Morgan fingerprint density at radius 3 is 1.52 bits per heavy atom. The van der Waals surface area contributed by atoms with Crippen molar-refractivity contribution >= 4 is 6.16 Å². The Bertz CT molecular complexity index is 593. The molecule has 0 aliphatic rings. The van der Waals surface area contributed by atoms with E-state index in [4.69, 9.17) is 14.6 Å². The fraction of sp³-hybridized carbons (Fsp3) is 0.923. The van der Waals surface area contributed by atoms with E-state index in [2.05, 4.69) is 26.0 Å². The number of allylic oxidation sites excluding steroid dienone is 1. The molecule has 0 aromatic rings. The second-order valence-electron chi connectivity index (χ2n) is 13.3. The van der Waals surface area contributed by atoms with Gasteiger partial charge in [-0.2, -0.15) is 0 Å². The summed E-state index contributed by atoms with van der Waals surface area (Å²) < 4.78 is 10.9. The van der Waals surface area contributed by atoms with Crippen LogP contribution in [0, 0.1) is 0 Å². The zero-order chi connectivity index (χ0) is 32.2. The Labute approximate surface area is 274 Å². The van der Waals surface area contributed by atoms with E-state index in [0.717, 1.165) is 51.4 Å². The molecule has 2 atom stereocenters. The van der Waals surface area contributed by atoms with Gasteiger partial charge in [0.2, 0.25) is 0 Å². The topological polar surface area (TPSA) is 76.0 Å². The van der Waals surface area contributed by atoms with Gasteiger partial charge in [-0.25, -0.2) is 4.79 Å². The summed E-state index contributed by atoms with van der Waals surface area (Å²) in [5.41, 5.74) is 0. The van der Waals surface area contributed by atoms with E-state index in [1.165, 1.54) is 141 Å². The molecule has 0 rings (SSSR count). The van der Waals surface area contributed by atoms with Crippen LogP contribution in [0.4, 0.5) is 4.79 Å². The summed E-state index contributed by atoms with van der Waals surface area (Å²) in [4.78, 5) is 11.1. The van der Waals surface area contributed by atoms with Crippen LogP contribution in [0.3, 0.4) is 0 Å². The van der Waals surface area contributed by atoms with Crippen molar-refractivity contribution in [2.45, 2.75) is 219 Å². The summed E-state index contributed by atoms with van der Waals surface area (Å²) in [5, 5.41) is 19.1. The van der Waals surface area contributed by atoms with Crippen LogP contribution in [-0.2, 0) is 9.47 Å². The molecule has 0 amide bonds. The molecule has 5 nitrogen and oxygen atoms in total. The number of ether oxygens (including phenoxy) is 2. The van der Waals surface area contributed by atoms with Crippen molar-refractivity contribution in [3.63, 3.8) is 0 Å². The fourth-order valence-electron chi connectivity index (χ4n) is 5.92. The first-order valence-corrected chi connectivity index (χ1v) is 19.4. The molecular weight excluding hydrogens is 548 g/mol. The summed E-state index contributed by atoms with van der Waals surface area (Å²) in [6.45, 7) is 5.57. The molecule has 0 saturated heterocycles. The van der Waals surface area contributed by atoms with Crippen LogP contribution in [0.1, 0.15) is 206 Å². The van der Waals surface area contributed by atoms with Gasteiger partial charge >= 0.3 is 6.16 Å². The highest BCUT2D eigenvalue weighted by Gasteiger charge is 2.13. The predicted octanol–water partition coefficient (Wildman–Crippen LogP) is 12.7. The van der Waals surface area contributed by atoms with Gasteiger partial charge in [0.15, 0.2) is 0 Å². The van der Waals surface area contributed by atoms with Crippen molar-refractivity contribution in [3.8, 4) is 0 Å². The number of hydrogen-bond donors (Lipinski definition) is 2. The lowest BCUT2D eigenvalue weighted by molar-refractivity contribution is -0.00676. The van der Waals surface area contributed by atoms with Crippen LogP contribution in [-0.4, -0.2) is 41.8 Å². The number of unbranched alkanes of at least 4 members (excludes halogenated alkanes) is 24. The Morgan fingerprint density at radius 1 is 0.568 bits per heavy atom. The summed E-state index contributed by atoms with van der Waals surface area (Å²) in [5.74, 6) is 0. The van der Waals surface area contributed by atoms with Gasteiger partial charge in [-0.1, -0.05) is 174 Å². The number of carboxylic acid groups (broad SMARTS) is 1. The Morgan fingerprint density at radius 2 is 1.00 bits per heavy atom. The maximum Gasteiger partial charge on any atom is 0.506 e. The van der Waals surface area contributed by atoms with Crippen molar-refractivity contribution in [2.75, 3.05) is 13.2 Å². The molecule has 5 heteroatoms. The average Bonchev–Trinajstić information content (AvgIpc) is 3.00. The molecule has 44 heavy (non-hydrogen) atoms. The SMILES string of the molecule is CCCCCCCCCCCCCCCCCCOCC(CCCCCCCCC=CC[C@H](O)CCCCCC)OC(=O)O. The zero-order valence-corrected chi connectivity index (χ0v) is 29.6. The molecule has 0 aromatic heterocycles. The monoisotopic (exact) mass is 625 g/mol. The van der Waals surface area contributed by atoms with Crippen molar-refractivity contribution in [1.29, 1.82) is 0 Å². The van der Waals surface area contributed by atoms with Gasteiger partial charge in [-0.15, -0.1) is 0 Å². The van der Waals surface area contributed by atoms with E-state index in [1.807, 2.05) is 0 Å². The lowest BCUT2D eigenvalue weighted by atomic mass is 10.0. The molecule has 0 fully saturated rings. The molecule has 1 unspecified atom stereocenters. The molecular formula is C39H76O5. The van der Waals surface area contributed by atoms with Gasteiger partial charge < -0.3 is 19.7 Å². The van der Waals surface area contributed by atoms with E-state index in [0.29, 0.717) is 13.2 Å². The lowest BCUT2D eigenvalue weighted by Crippen LogP contribution is -2.23. The third-order valence-corrected chi connectivity index (χ3v) is 8.83. The normalized spacial score (nSPS) is 13.1. The second-order valence-corrected chi connectivity index (χ2v) is 13.3. The minimum atomic E-state index is -1.20. The summed E-state index contributed by atoms with van der Waals surface area (Å²) in [7, 11) is 0. The first-order chi connectivity index (χ1) is 21.6. The van der Waals surface area contributed by atoms with Crippen LogP contribution in [0.5, 0.6) is 0 Å². The maximum absolute atomic E-state index is 11.1. The number of hydrogen-bond acceptors (Lipinski definition) is 4. The number of aliphatic hydroxyl groups is 1. The van der Waals surface area contributed by atoms with Crippen LogP contribution in [0.2, 0.25) is 0 Å². The fourth-order valence-corrected chi connectivity index (χ4v) is 5.92. The van der Waals surface area contributed by atoms with E-state index >= 15 is 0 Å². The van der Waals surface area contributed by atoms with Crippen molar-refractivity contribution in [2.24, 2.45) is 0 Å². The molecule has 0 aliphatic carbocycles. The molecule has 0 spiro atoms. The Kier molecular flexibility index (Phi) is 35.5. The number of aliphatic hydroxyl groups excluding tert-OH is 1. The van der Waals surface area contributed by atoms with Crippen LogP contribution in [0.15, 0.2) is 12.2 Å². The minimum Gasteiger partial charge on any atom is -0.450 e.